The number of aliphatic imine (C=N–C) groups is 1. The van der Waals surface area contributed by atoms with Crippen LogP contribution in [0.3, 0.4) is 0 Å². The van der Waals surface area contributed by atoms with Crippen LogP contribution in [0.4, 0.5) is 5.69 Å². The quantitative estimate of drug-likeness (QED) is 0.607. The Morgan fingerprint density at radius 3 is 2.85 bits per heavy atom. The highest BCUT2D eigenvalue weighted by atomic mass is 79.9. The summed E-state index contributed by atoms with van der Waals surface area (Å²) < 4.78 is 5.70. The Balaban J connectivity index is 3.29. The predicted octanol–water partition coefficient (Wildman–Crippen LogP) is 3.08. The van der Waals surface area contributed by atoms with Crippen molar-refractivity contribution in [3.05, 3.63) is 21.6 Å². The first kappa shape index (κ1) is 10.3. The van der Waals surface area contributed by atoms with Crippen molar-refractivity contribution in [1.29, 1.82) is 0 Å². The number of ether oxygens (including phenoxy) is 1. The molecule has 68 valence electrons. The van der Waals surface area contributed by atoms with Gasteiger partial charge in [0, 0.05) is 6.07 Å². The van der Waals surface area contributed by atoms with Crippen LogP contribution in [0.25, 0.3) is 0 Å². The molecule has 0 radical (unpaired) electrons. The smallest absolute Gasteiger partial charge is 0.240 e. The topological polar surface area (TPSA) is 38.7 Å². The molecule has 5 heteroatoms. The monoisotopic (exact) mass is 261 g/mol. The van der Waals surface area contributed by atoms with E-state index in [9.17, 15) is 4.79 Å². The van der Waals surface area contributed by atoms with E-state index in [0.29, 0.717) is 20.9 Å². The lowest BCUT2D eigenvalue weighted by molar-refractivity contribution is 0.412. The SMILES string of the molecule is COc1cc(N=C=O)c(Cl)cc1Br. The number of nitrogens with zero attached hydrogens (tertiary/aromatic N) is 1. The van der Waals surface area contributed by atoms with Gasteiger partial charge in [-0.3, -0.25) is 0 Å². The van der Waals surface area contributed by atoms with Crippen molar-refractivity contribution < 1.29 is 9.53 Å². The second-order valence-corrected chi connectivity index (χ2v) is 3.40. The third-order valence-electron chi connectivity index (χ3n) is 1.39. The number of hydrogen-bond acceptors (Lipinski definition) is 3. The largest absolute Gasteiger partial charge is 0.495 e. The van der Waals surface area contributed by atoms with Crippen LogP contribution in [-0.2, 0) is 4.79 Å². The average molecular weight is 262 g/mol. The number of isocyanates is 1. The summed E-state index contributed by atoms with van der Waals surface area (Å²) in [7, 11) is 1.52. The zero-order valence-electron chi connectivity index (χ0n) is 6.67. The average Bonchev–Trinajstić information content (AvgIpc) is 2.10. The molecule has 0 fully saturated rings. The van der Waals surface area contributed by atoms with E-state index in [-0.39, 0.29) is 0 Å². The number of halogens is 2. The lowest BCUT2D eigenvalue weighted by atomic mass is 10.3. The summed E-state index contributed by atoms with van der Waals surface area (Å²) in [6.07, 6.45) is 1.42. The summed E-state index contributed by atoms with van der Waals surface area (Å²) >= 11 is 9.02. The molecule has 13 heavy (non-hydrogen) atoms. The maximum absolute atomic E-state index is 10.0. The summed E-state index contributed by atoms with van der Waals surface area (Å²) in [5, 5.41) is 0.371. The fourth-order valence-corrected chi connectivity index (χ4v) is 1.65. The Labute approximate surface area is 88.5 Å². The van der Waals surface area contributed by atoms with Crippen molar-refractivity contribution in [2.24, 2.45) is 4.99 Å². The molecular formula is C8H5BrClNO2. The minimum Gasteiger partial charge on any atom is -0.495 e. The Morgan fingerprint density at radius 2 is 2.31 bits per heavy atom. The fraction of sp³-hybridized carbons (Fsp3) is 0.125. The van der Waals surface area contributed by atoms with Gasteiger partial charge < -0.3 is 4.74 Å². The van der Waals surface area contributed by atoms with Crippen LogP contribution < -0.4 is 4.74 Å². The summed E-state index contributed by atoms with van der Waals surface area (Å²) in [5.41, 5.74) is 0.344. The van der Waals surface area contributed by atoms with Crippen molar-refractivity contribution >= 4 is 39.3 Å². The molecule has 1 aromatic rings. The molecule has 0 aliphatic carbocycles. The highest BCUT2D eigenvalue weighted by Crippen LogP contribution is 2.35. The molecule has 0 saturated heterocycles. The van der Waals surface area contributed by atoms with Gasteiger partial charge in [-0.2, -0.15) is 4.99 Å². The summed E-state index contributed by atoms with van der Waals surface area (Å²) in [4.78, 5) is 13.4. The van der Waals surface area contributed by atoms with Crippen LogP contribution in [-0.4, -0.2) is 13.2 Å². The van der Waals surface area contributed by atoms with E-state index in [0.717, 1.165) is 0 Å². The Hall–Kier alpha value is -0.830. The van der Waals surface area contributed by atoms with Crippen molar-refractivity contribution in [2.75, 3.05) is 7.11 Å². The van der Waals surface area contributed by atoms with Gasteiger partial charge in [-0.1, -0.05) is 11.6 Å². The van der Waals surface area contributed by atoms with E-state index < -0.39 is 0 Å². The maximum Gasteiger partial charge on any atom is 0.240 e. The van der Waals surface area contributed by atoms with Gasteiger partial charge in [0.2, 0.25) is 6.08 Å². The fourth-order valence-electron chi connectivity index (χ4n) is 0.810. The first-order chi connectivity index (χ1) is 6.19. The molecule has 0 aliphatic rings. The molecule has 0 heterocycles. The van der Waals surface area contributed by atoms with Gasteiger partial charge in [0.1, 0.15) is 5.75 Å². The molecule has 0 spiro atoms. The number of carbonyl (C=O) groups excluding carboxylic acids is 1. The Bertz CT molecular complexity index is 375. The molecule has 0 bridgehead atoms. The summed E-state index contributed by atoms with van der Waals surface area (Å²) in [6.45, 7) is 0. The molecule has 0 saturated carbocycles. The number of methoxy groups -OCH3 is 1. The van der Waals surface area contributed by atoms with Gasteiger partial charge in [-0.05, 0) is 22.0 Å². The number of benzene rings is 1. The first-order valence-electron chi connectivity index (χ1n) is 3.30. The minimum absolute atomic E-state index is 0.344. The number of rotatable bonds is 2. The predicted molar refractivity (Wildman–Crippen MR) is 53.5 cm³/mol. The molecule has 0 atom stereocenters. The van der Waals surface area contributed by atoms with Crippen molar-refractivity contribution in [3.8, 4) is 5.75 Å². The Morgan fingerprint density at radius 1 is 1.62 bits per heavy atom. The molecule has 1 rings (SSSR count). The summed E-state index contributed by atoms with van der Waals surface area (Å²) in [6, 6.07) is 3.16. The molecule has 0 aliphatic heterocycles. The van der Waals surface area contributed by atoms with Gasteiger partial charge in [0.25, 0.3) is 0 Å². The van der Waals surface area contributed by atoms with Crippen LogP contribution in [0.1, 0.15) is 0 Å². The van der Waals surface area contributed by atoms with Gasteiger partial charge in [-0.25, -0.2) is 4.79 Å². The molecular weight excluding hydrogens is 257 g/mol. The lowest BCUT2D eigenvalue weighted by Gasteiger charge is -2.04. The standard InChI is InChI=1S/C8H5BrClNO2/c1-13-8-3-7(11-4-12)6(10)2-5(8)9/h2-3H,1H3. The molecule has 1 aromatic carbocycles. The molecule has 3 nitrogen and oxygen atoms in total. The van der Waals surface area contributed by atoms with Gasteiger partial charge in [-0.15, -0.1) is 0 Å². The van der Waals surface area contributed by atoms with E-state index in [2.05, 4.69) is 20.9 Å². The van der Waals surface area contributed by atoms with E-state index in [4.69, 9.17) is 16.3 Å². The normalized spacial score (nSPS) is 9.15. The Kier molecular flexibility index (Phi) is 3.48. The zero-order chi connectivity index (χ0) is 9.84. The second kappa shape index (κ2) is 4.42. The third-order valence-corrected chi connectivity index (χ3v) is 2.31. The van der Waals surface area contributed by atoms with E-state index in [1.165, 1.54) is 13.2 Å². The van der Waals surface area contributed by atoms with Gasteiger partial charge in [0.05, 0.1) is 22.3 Å². The van der Waals surface area contributed by atoms with E-state index in [1.54, 1.807) is 12.1 Å². The van der Waals surface area contributed by atoms with Crippen LogP contribution >= 0.6 is 27.5 Å². The first-order valence-corrected chi connectivity index (χ1v) is 4.47. The van der Waals surface area contributed by atoms with Crippen LogP contribution in [0.5, 0.6) is 5.75 Å². The second-order valence-electron chi connectivity index (χ2n) is 2.14. The van der Waals surface area contributed by atoms with Crippen molar-refractivity contribution in [2.45, 2.75) is 0 Å². The summed E-state index contributed by atoms with van der Waals surface area (Å²) in [5.74, 6) is 0.568. The molecule has 0 unspecified atom stereocenters. The molecule has 0 N–H and O–H groups in total. The van der Waals surface area contributed by atoms with E-state index in [1.807, 2.05) is 0 Å². The minimum atomic E-state index is 0.344. The highest BCUT2D eigenvalue weighted by molar-refractivity contribution is 9.10. The number of hydrogen-bond donors (Lipinski definition) is 0. The highest BCUT2D eigenvalue weighted by Gasteiger charge is 2.06. The van der Waals surface area contributed by atoms with Crippen molar-refractivity contribution in [3.63, 3.8) is 0 Å². The van der Waals surface area contributed by atoms with Crippen molar-refractivity contribution in [1.82, 2.24) is 0 Å². The molecule has 0 amide bonds. The van der Waals surface area contributed by atoms with Crippen LogP contribution in [0, 0.1) is 0 Å². The van der Waals surface area contributed by atoms with Crippen LogP contribution in [0.2, 0.25) is 5.02 Å². The van der Waals surface area contributed by atoms with Crippen LogP contribution in [0.15, 0.2) is 21.6 Å². The van der Waals surface area contributed by atoms with E-state index >= 15 is 0 Å². The van der Waals surface area contributed by atoms with Gasteiger partial charge in [0.15, 0.2) is 0 Å². The van der Waals surface area contributed by atoms with Gasteiger partial charge >= 0.3 is 0 Å². The molecule has 0 aromatic heterocycles. The lowest BCUT2D eigenvalue weighted by Crippen LogP contribution is -1.83. The zero-order valence-corrected chi connectivity index (χ0v) is 9.02. The third kappa shape index (κ3) is 2.31. The maximum atomic E-state index is 10.0.